The Morgan fingerprint density at radius 1 is 1.77 bits per heavy atom. The molecule has 1 amide bonds. The zero-order valence-electron chi connectivity index (χ0n) is 6.92. The molecule has 0 saturated carbocycles. The molecule has 13 heavy (non-hydrogen) atoms. The first-order chi connectivity index (χ1) is 6.31. The van der Waals surface area contributed by atoms with Gasteiger partial charge in [-0.3, -0.25) is 9.48 Å². The van der Waals surface area contributed by atoms with Crippen molar-refractivity contribution in [3.05, 3.63) is 18.5 Å². The molecule has 66 valence electrons. The molecule has 2 rings (SSSR count). The highest BCUT2D eigenvalue weighted by molar-refractivity contribution is 5.79. The van der Waals surface area contributed by atoms with Crippen LogP contribution >= 0.6 is 0 Å². The lowest BCUT2D eigenvalue weighted by Crippen LogP contribution is -2.19. The smallest absolute Gasteiger partial charge is 0.245 e. The molecule has 0 aromatic carbocycles. The Labute approximate surface area is 75.2 Å². The molecule has 0 bridgehead atoms. The SMILES string of the molecule is N#CC1CN1C(=O)Cn1cccn1. The summed E-state index contributed by atoms with van der Waals surface area (Å²) in [5.41, 5.74) is 0. The maximum absolute atomic E-state index is 11.4. The topological polar surface area (TPSA) is 61.7 Å². The monoisotopic (exact) mass is 176 g/mol. The van der Waals surface area contributed by atoms with E-state index >= 15 is 0 Å². The average molecular weight is 176 g/mol. The Balaban J connectivity index is 1.91. The quantitative estimate of drug-likeness (QED) is 0.577. The van der Waals surface area contributed by atoms with Gasteiger partial charge in [0.05, 0.1) is 12.6 Å². The van der Waals surface area contributed by atoms with Crippen molar-refractivity contribution in [1.29, 1.82) is 5.26 Å². The molecule has 2 heterocycles. The molecule has 5 heteroatoms. The van der Waals surface area contributed by atoms with Crippen LogP contribution in [-0.2, 0) is 11.3 Å². The van der Waals surface area contributed by atoms with Gasteiger partial charge >= 0.3 is 0 Å². The summed E-state index contributed by atoms with van der Waals surface area (Å²) in [4.78, 5) is 12.9. The molecule has 5 nitrogen and oxygen atoms in total. The van der Waals surface area contributed by atoms with Gasteiger partial charge in [0.2, 0.25) is 5.91 Å². The van der Waals surface area contributed by atoms with Gasteiger partial charge in [0, 0.05) is 12.4 Å². The van der Waals surface area contributed by atoms with E-state index in [0.29, 0.717) is 6.54 Å². The van der Waals surface area contributed by atoms with Gasteiger partial charge in [-0.25, -0.2) is 0 Å². The molecule has 0 aliphatic carbocycles. The molecule has 1 aliphatic rings. The summed E-state index contributed by atoms with van der Waals surface area (Å²) >= 11 is 0. The molecular weight excluding hydrogens is 168 g/mol. The van der Waals surface area contributed by atoms with Crippen LogP contribution < -0.4 is 0 Å². The second kappa shape index (κ2) is 2.90. The van der Waals surface area contributed by atoms with E-state index in [1.54, 1.807) is 23.1 Å². The van der Waals surface area contributed by atoms with Gasteiger partial charge < -0.3 is 4.90 Å². The van der Waals surface area contributed by atoms with E-state index in [2.05, 4.69) is 5.10 Å². The van der Waals surface area contributed by atoms with Crippen LogP contribution in [0.5, 0.6) is 0 Å². The average Bonchev–Trinajstić information content (AvgIpc) is 2.77. The van der Waals surface area contributed by atoms with Gasteiger partial charge in [-0.15, -0.1) is 0 Å². The van der Waals surface area contributed by atoms with Crippen molar-refractivity contribution in [3.8, 4) is 6.07 Å². The Kier molecular flexibility index (Phi) is 1.74. The third-order valence-corrected chi connectivity index (χ3v) is 1.94. The Hall–Kier alpha value is -1.83. The molecule has 0 spiro atoms. The van der Waals surface area contributed by atoms with Gasteiger partial charge in [0.1, 0.15) is 12.6 Å². The molecule has 0 radical (unpaired) electrons. The minimum absolute atomic E-state index is 0.0461. The number of hydrogen-bond acceptors (Lipinski definition) is 3. The standard InChI is InChI=1S/C8H8N4O/c9-4-7-5-12(7)8(13)6-11-3-1-2-10-11/h1-3,7H,5-6H2. The van der Waals surface area contributed by atoms with E-state index in [1.165, 1.54) is 4.90 Å². The van der Waals surface area contributed by atoms with Crippen LogP contribution in [0, 0.1) is 11.3 Å². The van der Waals surface area contributed by atoms with Crippen molar-refractivity contribution < 1.29 is 4.79 Å². The van der Waals surface area contributed by atoms with Crippen LogP contribution in [0.4, 0.5) is 0 Å². The molecule has 1 aromatic heterocycles. The van der Waals surface area contributed by atoms with E-state index in [4.69, 9.17) is 5.26 Å². The van der Waals surface area contributed by atoms with Crippen molar-refractivity contribution >= 4 is 5.91 Å². The van der Waals surface area contributed by atoms with Crippen molar-refractivity contribution in [2.45, 2.75) is 12.6 Å². The van der Waals surface area contributed by atoms with E-state index < -0.39 is 0 Å². The number of aromatic nitrogens is 2. The van der Waals surface area contributed by atoms with Crippen LogP contribution in [0.1, 0.15) is 0 Å². The largest absolute Gasteiger partial charge is 0.320 e. The summed E-state index contributed by atoms with van der Waals surface area (Å²) in [5, 5.41) is 12.4. The normalized spacial score (nSPS) is 19.6. The summed E-state index contributed by atoms with van der Waals surface area (Å²) in [5.74, 6) is -0.0461. The molecule has 1 aliphatic heterocycles. The fourth-order valence-electron chi connectivity index (χ4n) is 1.15. The maximum Gasteiger partial charge on any atom is 0.245 e. The first-order valence-electron chi connectivity index (χ1n) is 3.98. The summed E-state index contributed by atoms with van der Waals surface area (Å²) in [6, 6.07) is 3.58. The number of rotatable bonds is 2. The van der Waals surface area contributed by atoms with Crippen molar-refractivity contribution in [2.75, 3.05) is 6.54 Å². The number of nitrogens with zero attached hydrogens (tertiary/aromatic N) is 4. The number of hydrogen-bond donors (Lipinski definition) is 0. The third-order valence-electron chi connectivity index (χ3n) is 1.94. The van der Waals surface area contributed by atoms with Gasteiger partial charge in [0.25, 0.3) is 0 Å². The molecule has 1 unspecified atom stereocenters. The fourth-order valence-corrected chi connectivity index (χ4v) is 1.15. The summed E-state index contributed by atoms with van der Waals surface area (Å²) in [7, 11) is 0. The van der Waals surface area contributed by atoms with Crippen molar-refractivity contribution in [2.24, 2.45) is 0 Å². The highest BCUT2D eigenvalue weighted by Gasteiger charge is 2.38. The molecular formula is C8H8N4O. The minimum Gasteiger partial charge on any atom is -0.320 e. The van der Waals surface area contributed by atoms with E-state index in [-0.39, 0.29) is 18.5 Å². The van der Waals surface area contributed by atoms with Crippen LogP contribution in [-0.4, -0.2) is 33.2 Å². The van der Waals surface area contributed by atoms with Gasteiger partial charge in [0.15, 0.2) is 0 Å². The first kappa shape index (κ1) is 7.80. The van der Waals surface area contributed by atoms with E-state index in [9.17, 15) is 4.79 Å². The second-order valence-electron chi connectivity index (χ2n) is 2.89. The first-order valence-corrected chi connectivity index (χ1v) is 3.98. The lowest BCUT2D eigenvalue weighted by molar-refractivity contribution is -0.126. The number of amides is 1. The van der Waals surface area contributed by atoms with Crippen LogP contribution in [0.3, 0.4) is 0 Å². The zero-order chi connectivity index (χ0) is 9.26. The molecule has 1 saturated heterocycles. The molecule has 0 N–H and O–H groups in total. The van der Waals surface area contributed by atoms with Gasteiger partial charge in [-0.1, -0.05) is 0 Å². The highest BCUT2D eigenvalue weighted by Crippen LogP contribution is 2.16. The Bertz CT molecular complexity index is 351. The van der Waals surface area contributed by atoms with E-state index in [1.807, 2.05) is 6.07 Å². The summed E-state index contributed by atoms with van der Waals surface area (Å²) in [6.07, 6.45) is 3.35. The predicted octanol–water partition coefficient (Wildman–Crippen LogP) is -0.383. The number of carbonyl (C=O) groups is 1. The summed E-state index contributed by atoms with van der Waals surface area (Å²) in [6.45, 7) is 0.793. The van der Waals surface area contributed by atoms with Crippen LogP contribution in [0.15, 0.2) is 18.5 Å². The number of nitriles is 1. The second-order valence-corrected chi connectivity index (χ2v) is 2.89. The number of carbonyl (C=O) groups excluding carboxylic acids is 1. The van der Waals surface area contributed by atoms with Crippen molar-refractivity contribution in [1.82, 2.24) is 14.7 Å². The molecule has 1 atom stereocenters. The minimum atomic E-state index is -0.205. The Morgan fingerprint density at radius 3 is 3.15 bits per heavy atom. The van der Waals surface area contributed by atoms with Gasteiger partial charge in [-0.05, 0) is 6.07 Å². The molecule has 1 fully saturated rings. The lowest BCUT2D eigenvalue weighted by atomic mass is 10.5. The predicted molar refractivity (Wildman–Crippen MR) is 43.3 cm³/mol. The zero-order valence-corrected chi connectivity index (χ0v) is 6.92. The van der Waals surface area contributed by atoms with Crippen LogP contribution in [0.2, 0.25) is 0 Å². The van der Waals surface area contributed by atoms with Crippen LogP contribution in [0.25, 0.3) is 0 Å². The van der Waals surface area contributed by atoms with Gasteiger partial charge in [-0.2, -0.15) is 10.4 Å². The fraction of sp³-hybridized carbons (Fsp3) is 0.375. The van der Waals surface area contributed by atoms with Crippen molar-refractivity contribution in [3.63, 3.8) is 0 Å². The van der Waals surface area contributed by atoms with E-state index in [0.717, 1.165) is 0 Å². The third kappa shape index (κ3) is 1.51. The summed E-state index contributed by atoms with van der Waals surface area (Å²) < 4.78 is 1.55. The Morgan fingerprint density at radius 2 is 2.62 bits per heavy atom. The molecule has 1 aromatic rings. The lowest BCUT2D eigenvalue weighted by Gasteiger charge is -2.01. The highest BCUT2D eigenvalue weighted by atomic mass is 16.2. The maximum atomic E-state index is 11.4.